The van der Waals surface area contributed by atoms with Gasteiger partial charge in [0.1, 0.15) is 17.5 Å². The van der Waals surface area contributed by atoms with Crippen molar-refractivity contribution in [2.45, 2.75) is 44.1 Å². The predicted molar refractivity (Wildman–Crippen MR) is 119 cm³/mol. The van der Waals surface area contributed by atoms with E-state index in [0.717, 1.165) is 11.1 Å². The first-order valence-corrected chi connectivity index (χ1v) is 10.1. The fraction of sp³-hybridized carbons (Fsp3) is 0.375. The molecule has 0 saturated carbocycles. The lowest BCUT2D eigenvalue weighted by Crippen LogP contribution is -2.67. The van der Waals surface area contributed by atoms with E-state index in [0.29, 0.717) is 12.4 Å². The number of alkyl halides is 1. The van der Waals surface area contributed by atoms with Crippen LogP contribution in [-0.4, -0.2) is 35.5 Å². The molecule has 1 fully saturated rings. The minimum absolute atomic E-state index is 0. The van der Waals surface area contributed by atoms with Crippen LogP contribution in [0, 0.1) is 6.92 Å². The molecule has 4 unspecified atom stereocenters. The number of hydrogen-bond acceptors (Lipinski definition) is 4. The first-order chi connectivity index (χ1) is 14.5. The lowest BCUT2D eigenvalue weighted by molar-refractivity contribution is -0.323. The number of methoxy groups -OCH3 is 1. The van der Waals surface area contributed by atoms with Crippen molar-refractivity contribution < 1.29 is 18.6 Å². The van der Waals surface area contributed by atoms with Gasteiger partial charge in [0.15, 0.2) is 6.17 Å². The lowest BCUT2D eigenvalue weighted by Gasteiger charge is -2.53. The monoisotopic (exact) mass is 446 g/mol. The molecule has 4 atom stereocenters. The van der Waals surface area contributed by atoms with E-state index >= 15 is 4.39 Å². The Balaban J connectivity index is 0.00000272. The number of aryl methyl sites for hydroxylation is 1. The first kappa shape index (κ1) is 23.4. The van der Waals surface area contributed by atoms with Gasteiger partial charge in [-0.15, -0.1) is 12.4 Å². The van der Waals surface area contributed by atoms with Crippen LogP contribution >= 0.6 is 12.4 Å². The molecule has 4 rings (SSSR count). The molecule has 166 valence electrons. The van der Waals surface area contributed by atoms with E-state index in [-0.39, 0.29) is 19.0 Å². The molecule has 0 N–H and O–H groups in total. The molecule has 1 aromatic heterocycles. The molecule has 0 spiro atoms. The number of imidazole rings is 1. The van der Waals surface area contributed by atoms with E-state index in [1.165, 1.54) is 7.11 Å². The van der Waals surface area contributed by atoms with E-state index < -0.39 is 23.6 Å². The van der Waals surface area contributed by atoms with Crippen molar-refractivity contribution in [1.82, 2.24) is 9.55 Å². The van der Waals surface area contributed by atoms with Crippen molar-refractivity contribution in [1.29, 1.82) is 0 Å². The predicted octanol–water partition coefficient (Wildman–Crippen LogP) is 4.78. The van der Waals surface area contributed by atoms with Crippen LogP contribution in [0.2, 0.25) is 0 Å². The quantitative estimate of drug-likeness (QED) is 0.546. The normalized spacial score (nSPS) is 28.1. The van der Waals surface area contributed by atoms with E-state index in [4.69, 9.17) is 14.2 Å². The maximum atomic E-state index is 15.7. The number of aromatic nitrogens is 2. The third-order valence-corrected chi connectivity index (χ3v) is 5.99. The maximum absolute atomic E-state index is 15.7. The van der Waals surface area contributed by atoms with Gasteiger partial charge >= 0.3 is 0 Å². The number of nitrogens with zero attached hydrogens (tertiary/aromatic N) is 2. The zero-order chi connectivity index (χ0) is 21.2. The van der Waals surface area contributed by atoms with Crippen LogP contribution in [0.25, 0.3) is 0 Å². The summed E-state index contributed by atoms with van der Waals surface area (Å²) in [7, 11) is 1.52. The molecule has 0 radical (unpaired) electrons. The molecule has 1 aliphatic heterocycles. The summed E-state index contributed by atoms with van der Waals surface area (Å²) in [5.41, 5.74) is -0.487. The molecule has 7 heteroatoms. The van der Waals surface area contributed by atoms with Gasteiger partial charge in [-0.1, -0.05) is 60.7 Å². The average molecular weight is 447 g/mol. The largest absolute Gasteiger partial charge is 0.365 e. The molecular weight excluding hydrogens is 419 g/mol. The fourth-order valence-electron chi connectivity index (χ4n) is 4.39. The van der Waals surface area contributed by atoms with Crippen LogP contribution < -0.4 is 0 Å². The summed E-state index contributed by atoms with van der Waals surface area (Å²) in [6.07, 6.45) is 1.15. The van der Waals surface area contributed by atoms with Gasteiger partial charge in [0.25, 0.3) is 0 Å². The smallest absolute Gasteiger partial charge is 0.209 e. The second-order valence-corrected chi connectivity index (χ2v) is 7.73. The van der Waals surface area contributed by atoms with E-state index in [1.54, 1.807) is 17.0 Å². The van der Waals surface area contributed by atoms with Gasteiger partial charge in [0.05, 0.1) is 13.2 Å². The summed E-state index contributed by atoms with van der Waals surface area (Å²) in [4.78, 5) is 4.31. The highest BCUT2D eigenvalue weighted by Crippen LogP contribution is 2.47. The topological polar surface area (TPSA) is 45.5 Å². The van der Waals surface area contributed by atoms with Crippen LogP contribution in [0.3, 0.4) is 0 Å². The van der Waals surface area contributed by atoms with Gasteiger partial charge in [-0.2, -0.15) is 0 Å². The third kappa shape index (κ3) is 4.01. The Hall–Kier alpha value is -2.25. The Morgan fingerprint density at radius 1 is 1.13 bits per heavy atom. The number of ether oxygens (including phenoxy) is 3. The highest BCUT2D eigenvalue weighted by atomic mass is 35.5. The van der Waals surface area contributed by atoms with Crippen LogP contribution in [0.5, 0.6) is 0 Å². The molecule has 5 nitrogen and oxygen atoms in total. The summed E-state index contributed by atoms with van der Waals surface area (Å²) < 4.78 is 36.0. The van der Waals surface area contributed by atoms with Gasteiger partial charge in [0.2, 0.25) is 5.72 Å². The zero-order valence-electron chi connectivity index (χ0n) is 17.9. The number of hydrogen-bond donors (Lipinski definition) is 0. The van der Waals surface area contributed by atoms with Crippen LogP contribution in [-0.2, 0) is 32.1 Å². The van der Waals surface area contributed by atoms with E-state index in [9.17, 15) is 0 Å². The van der Waals surface area contributed by atoms with Gasteiger partial charge in [-0.25, -0.2) is 9.37 Å². The molecule has 0 amide bonds. The van der Waals surface area contributed by atoms with Crippen LogP contribution in [0.4, 0.5) is 4.39 Å². The Morgan fingerprint density at radius 2 is 1.77 bits per heavy atom. The van der Waals surface area contributed by atoms with Gasteiger partial charge in [-0.3, -0.25) is 0 Å². The third-order valence-electron chi connectivity index (χ3n) is 5.99. The number of halogens is 2. The van der Waals surface area contributed by atoms with E-state index in [1.807, 2.05) is 74.5 Å². The standard InChI is InChI=1S/C24H27FN2O3.ClH/c1-18-26-14-15-27(18)24(28-3)21(25)17-30-23(2,20-12-8-5-9-13-20)22(24)29-16-19-10-6-4-7-11-19;/h4-15,21-22H,16-17H2,1-3H3;1H. The molecular formula is C24H28ClFN2O3. The summed E-state index contributed by atoms with van der Waals surface area (Å²) in [6.45, 7) is 3.94. The molecule has 1 aliphatic rings. The first-order valence-electron chi connectivity index (χ1n) is 10.1. The van der Waals surface area contributed by atoms with Crippen molar-refractivity contribution in [3.63, 3.8) is 0 Å². The molecule has 0 aliphatic carbocycles. The minimum atomic E-state index is -1.45. The van der Waals surface area contributed by atoms with Gasteiger partial charge in [0, 0.05) is 19.5 Å². The Bertz CT molecular complexity index is 971. The number of rotatable bonds is 6. The van der Waals surface area contributed by atoms with Crippen LogP contribution in [0.15, 0.2) is 73.1 Å². The van der Waals surface area contributed by atoms with Crippen molar-refractivity contribution in [2.75, 3.05) is 13.7 Å². The molecule has 3 aromatic rings. The second kappa shape index (κ2) is 9.49. The van der Waals surface area contributed by atoms with E-state index in [2.05, 4.69) is 4.98 Å². The summed E-state index contributed by atoms with van der Waals surface area (Å²) >= 11 is 0. The minimum Gasteiger partial charge on any atom is -0.365 e. The van der Waals surface area contributed by atoms with Crippen molar-refractivity contribution in [2.24, 2.45) is 0 Å². The van der Waals surface area contributed by atoms with Crippen molar-refractivity contribution in [3.05, 3.63) is 90.0 Å². The zero-order valence-corrected chi connectivity index (χ0v) is 18.7. The Kier molecular flexibility index (Phi) is 7.17. The SMILES string of the molecule is COC1(n2ccnc2C)C(F)COC(C)(c2ccccc2)C1OCc1ccccc1.Cl. The summed E-state index contributed by atoms with van der Waals surface area (Å²) in [6, 6.07) is 19.6. The maximum Gasteiger partial charge on any atom is 0.209 e. The second-order valence-electron chi connectivity index (χ2n) is 7.73. The average Bonchev–Trinajstić information content (AvgIpc) is 3.22. The fourth-order valence-corrected chi connectivity index (χ4v) is 4.39. The lowest BCUT2D eigenvalue weighted by atomic mass is 9.79. The van der Waals surface area contributed by atoms with Gasteiger partial charge in [-0.05, 0) is 25.0 Å². The summed E-state index contributed by atoms with van der Waals surface area (Å²) in [5, 5.41) is 0. The van der Waals surface area contributed by atoms with Crippen molar-refractivity contribution in [3.8, 4) is 0 Å². The molecule has 0 bridgehead atoms. The van der Waals surface area contributed by atoms with Crippen LogP contribution in [0.1, 0.15) is 23.9 Å². The molecule has 31 heavy (non-hydrogen) atoms. The summed E-state index contributed by atoms with van der Waals surface area (Å²) in [5.74, 6) is 0.644. The molecule has 1 saturated heterocycles. The molecule has 2 aromatic carbocycles. The van der Waals surface area contributed by atoms with Gasteiger partial charge < -0.3 is 18.8 Å². The Morgan fingerprint density at radius 3 is 2.35 bits per heavy atom. The highest BCUT2D eigenvalue weighted by Gasteiger charge is 2.62. The Labute approximate surface area is 188 Å². The van der Waals surface area contributed by atoms with Crippen molar-refractivity contribution >= 4 is 12.4 Å². The number of benzene rings is 2. The highest BCUT2D eigenvalue weighted by molar-refractivity contribution is 5.85. The molecule has 2 heterocycles.